The second-order valence-corrected chi connectivity index (χ2v) is 6.19. The van der Waals surface area contributed by atoms with Gasteiger partial charge in [0.15, 0.2) is 0 Å². The lowest BCUT2D eigenvalue weighted by atomic mass is 9.85. The van der Waals surface area contributed by atoms with Gasteiger partial charge in [0.2, 0.25) is 0 Å². The molecule has 4 heteroatoms. The number of aliphatic hydroxyl groups is 1. The van der Waals surface area contributed by atoms with Gasteiger partial charge in [0.1, 0.15) is 0 Å². The van der Waals surface area contributed by atoms with Crippen molar-refractivity contribution < 1.29 is 9.90 Å². The normalized spacial score (nSPS) is 19.1. The van der Waals surface area contributed by atoms with Gasteiger partial charge in [0.05, 0.1) is 0 Å². The van der Waals surface area contributed by atoms with Gasteiger partial charge >= 0.3 is 6.03 Å². The predicted molar refractivity (Wildman–Crippen MR) is 79.6 cm³/mol. The number of amides is 2. The van der Waals surface area contributed by atoms with Crippen molar-refractivity contribution in [3.8, 4) is 0 Å². The second kappa shape index (κ2) is 6.27. The Kier molecular flexibility index (Phi) is 4.65. The molecule has 0 bridgehead atoms. The molecule has 0 aromatic heterocycles. The van der Waals surface area contributed by atoms with Gasteiger partial charge in [0.25, 0.3) is 0 Å². The molecule has 1 aliphatic rings. The van der Waals surface area contributed by atoms with Gasteiger partial charge in [-0.05, 0) is 12.0 Å². The highest BCUT2D eigenvalue weighted by Crippen LogP contribution is 2.22. The minimum absolute atomic E-state index is 0.0232. The number of urea groups is 1. The topological polar surface area (TPSA) is 52.6 Å². The average Bonchev–Trinajstić information content (AvgIpc) is 2.95. The SMILES string of the molecule is CC(C)(CNC(=O)N1CCC(CO)C1)c1ccccc1. The first kappa shape index (κ1) is 14.9. The van der Waals surface area contributed by atoms with Crippen LogP contribution in [0, 0.1) is 5.92 Å². The summed E-state index contributed by atoms with van der Waals surface area (Å²) in [6.07, 6.45) is 0.895. The van der Waals surface area contributed by atoms with Crippen LogP contribution in [0.25, 0.3) is 0 Å². The van der Waals surface area contributed by atoms with Crippen molar-refractivity contribution in [1.29, 1.82) is 0 Å². The number of carbonyl (C=O) groups excluding carboxylic acids is 1. The maximum absolute atomic E-state index is 12.1. The molecule has 0 spiro atoms. The van der Waals surface area contributed by atoms with E-state index in [2.05, 4.69) is 31.3 Å². The zero-order valence-corrected chi connectivity index (χ0v) is 12.3. The molecule has 1 heterocycles. The van der Waals surface area contributed by atoms with E-state index in [4.69, 9.17) is 5.11 Å². The third-order valence-electron chi connectivity index (χ3n) is 4.07. The molecule has 1 atom stereocenters. The fourth-order valence-corrected chi connectivity index (χ4v) is 2.57. The van der Waals surface area contributed by atoms with E-state index >= 15 is 0 Å². The van der Waals surface area contributed by atoms with E-state index in [1.54, 1.807) is 4.90 Å². The van der Waals surface area contributed by atoms with Crippen LogP contribution < -0.4 is 5.32 Å². The Bertz CT molecular complexity index is 445. The van der Waals surface area contributed by atoms with Crippen molar-refractivity contribution in [2.75, 3.05) is 26.2 Å². The van der Waals surface area contributed by atoms with Crippen molar-refractivity contribution >= 4 is 6.03 Å². The quantitative estimate of drug-likeness (QED) is 0.883. The first-order valence-electron chi connectivity index (χ1n) is 7.22. The molecule has 1 aromatic carbocycles. The summed E-state index contributed by atoms with van der Waals surface area (Å²) in [7, 11) is 0. The number of benzene rings is 1. The summed E-state index contributed by atoms with van der Waals surface area (Å²) in [4.78, 5) is 13.9. The fourth-order valence-electron chi connectivity index (χ4n) is 2.57. The van der Waals surface area contributed by atoms with Crippen molar-refractivity contribution in [1.82, 2.24) is 10.2 Å². The Morgan fingerprint density at radius 3 is 2.70 bits per heavy atom. The Hall–Kier alpha value is -1.55. The Morgan fingerprint density at radius 2 is 2.10 bits per heavy atom. The van der Waals surface area contributed by atoms with E-state index in [1.165, 1.54) is 5.56 Å². The number of aliphatic hydroxyl groups excluding tert-OH is 1. The molecule has 20 heavy (non-hydrogen) atoms. The van der Waals surface area contributed by atoms with Gasteiger partial charge in [0, 0.05) is 37.6 Å². The smallest absolute Gasteiger partial charge is 0.317 e. The number of hydrogen-bond acceptors (Lipinski definition) is 2. The summed E-state index contributed by atoms with van der Waals surface area (Å²) in [5, 5.41) is 12.1. The van der Waals surface area contributed by atoms with E-state index in [9.17, 15) is 4.79 Å². The lowest BCUT2D eigenvalue weighted by Gasteiger charge is -2.27. The predicted octanol–water partition coefficient (Wildman–Crippen LogP) is 1.99. The summed E-state index contributed by atoms with van der Waals surface area (Å²) in [5.41, 5.74) is 1.13. The lowest BCUT2D eigenvalue weighted by Crippen LogP contribution is -2.44. The van der Waals surface area contributed by atoms with Crippen molar-refractivity contribution in [2.24, 2.45) is 5.92 Å². The van der Waals surface area contributed by atoms with Crippen LogP contribution in [0.1, 0.15) is 25.8 Å². The summed E-state index contributed by atoms with van der Waals surface area (Å²) < 4.78 is 0. The van der Waals surface area contributed by atoms with E-state index in [0.717, 1.165) is 13.0 Å². The lowest BCUT2D eigenvalue weighted by molar-refractivity contribution is 0.196. The average molecular weight is 276 g/mol. The molecule has 1 saturated heterocycles. The maximum atomic E-state index is 12.1. The Balaban J connectivity index is 1.87. The molecule has 2 amide bonds. The number of carbonyl (C=O) groups is 1. The summed E-state index contributed by atoms with van der Waals surface area (Å²) in [6.45, 7) is 6.43. The van der Waals surface area contributed by atoms with Crippen LogP contribution in [-0.4, -0.2) is 42.3 Å². The van der Waals surface area contributed by atoms with Crippen LogP contribution in [0.5, 0.6) is 0 Å². The minimum atomic E-state index is -0.0903. The molecule has 0 aliphatic carbocycles. The zero-order valence-electron chi connectivity index (χ0n) is 12.3. The van der Waals surface area contributed by atoms with Gasteiger partial charge in [-0.15, -0.1) is 0 Å². The largest absolute Gasteiger partial charge is 0.396 e. The molecule has 4 nitrogen and oxygen atoms in total. The van der Waals surface area contributed by atoms with E-state index in [1.807, 2.05) is 18.2 Å². The van der Waals surface area contributed by atoms with Crippen molar-refractivity contribution in [2.45, 2.75) is 25.7 Å². The van der Waals surface area contributed by atoms with Crippen molar-refractivity contribution in [3.63, 3.8) is 0 Å². The molecule has 1 fully saturated rings. The minimum Gasteiger partial charge on any atom is -0.396 e. The molecular weight excluding hydrogens is 252 g/mol. The van der Waals surface area contributed by atoms with Crippen LogP contribution in [-0.2, 0) is 5.41 Å². The second-order valence-electron chi connectivity index (χ2n) is 6.19. The fraction of sp³-hybridized carbons (Fsp3) is 0.562. The highest BCUT2D eigenvalue weighted by atomic mass is 16.3. The molecule has 2 N–H and O–H groups in total. The third-order valence-corrected chi connectivity index (χ3v) is 4.07. The molecule has 0 radical (unpaired) electrons. The third kappa shape index (κ3) is 3.51. The molecule has 0 saturated carbocycles. The molecule has 1 unspecified atom stereocenters. The van der Waals surface area contributed by atoms with E-state index in [0.29, 0.717) is 13.1 Å². The first-order valence-corrected chi connectivity index (χ1v) is 7.22. The zero-order chi connectivity index (χ0) is 14.6. The molecule has 1 aromatic rings. The maximum Gasteiger partial charge on any atom is 0.317 e. The molecular formula is C16H24N2O2. The standard InChI is InChI=1S/C16H24N2O2/c1-16(2,14-6-4-3-5-7-14)12-17-15(20)18-9-8-13(10-18)11-19/h3-7,13,19H,8-12H2,1-2H3,(H,17,20). The van der Waals surface area contributed by atoms with Gasteiger partial charge < -0.3 is 15.3 Å². The Morgan fingerprint density at radius 1 is 1.40 bits per heavy atom. The Labute approximate surface area is 120 Å². The number of rotatable bonds is 4. The highest BCUT2D eigenvalue weighted by molar-refractivity contribution is 5.74. The van der Waals surface area contributed by atoms with Gasteiger partial charge in [-0.2, -0.15) is 0 Å². The van der Waals surface area contributed by atoms with Gasteiger partial charge in [-0.3, -0.25) is 0 Å². The van der Waals surface area contributed by atoms with Gasteiger partial charge in [-0.1, -0.05) is 44.2 Å². The van der Waals surface area contributed by atoms with Crippen LogP contribution >= 0.6 is 0 Å². The summed E-state index contributed by atoms with van der Waals surface area (Å²) in [6, 6.07) is 10.2. The van der Waals surface area contributed by atoms with Crippen LogP contribution in [0.15, 0.2) is 30.3 Å². The number of nitrogens with one attached hydrogen (secondary N) is 1. The highest BCUT2D eigenvalue weighted by Gasteiger charge is 2.27. The monoisotopic (exact) mass is 276 g/mol. The molecule has 1 aliphatic heterocycles. The van der Waals surface area contributed by atoms with E-state index < -0.39 is 0 Å². The van der Waals surface area contributed by atoms with Gasteiger partial charge in [-0.25, -0.2) is 4.79 Å². The van der Waals surface area contributed by atoms with Crippen molar-refractivity contribution in [3.05, 3.63) is 35.9 Å². The first-order chi connectivity index (χ1) is 9.53. The molecule has 110 valence electrons. The molecule has 2 rings (SSSR count). The van der Waals surface area contributed by atoms with Crippen LogP contribution in [0.2, 0.25) is 0 Å². The number of hydrogen-bond donors (Lipinski definition) is 2. The summed E-state index contributed by atoms with van der Waals surface area (Å²) >= 11 is 0. The van der Waals surface area contributed by atoms with E-state index in [-0.39, 0.29) is 24.0 Å². The van der Waals surface area contributed by atoms with Crippen LogP contribution in [0.4, 0.5) is 4.79 Å². The number of likely N-dealkylation sites (tertiary alicyclic amines) is 1. The summed E-state index contributed by atoms with van der Waals surface area (Å²) in [5.74, 6) is 0.239. The van der Waals surface area contributed by atoms with Crippen LogP contribution in [0.3, 0.4) is 0 Å². The number of nitrogens with zero attached hydrogens (tertiary/aromatic N) is 1.